The molecule has 1 saturated heterocycles. The number of anilines is 1. The van der Waals surface area contributed by atoms with Crippen molar-refractivity contribution in [1.29, 1.82) is 0 Å². The average molecular weight is 339 g/mol. The van der Waals surface area contributed by atoms with E-state index in [1.54, 1.807) is 17.3 Å². The summed E-state index contributed by atoms with van der Waals surface area (Å²) in [5, 5.41) is 3.02. The summed E-state index contributed by atoms with van der Waals surface area (Å²) in [7, 11) is 1.83. The van der Waals surface area contributed by atoms with Crippen molar-refractivity contribution in [2.75, 3.05) is 32.1 Å². The SMILES string of the molecule is CNc1cccc([C@@H]2CN(C(=O)c3cnc(C4CC4)nc3)CCO2)n1. The van der Waals surface area contributed by atoms with Crippen molar-refractivity contribution in [2.45, 2.75) is 24.9 Å². The number of hydrogen-bond acceptors (Lipinski definition) is 6. The summed E-state index contributed by atoms with van der Waals surface area (Å²) in [6.45, 7) is 1.53. The van der Waals surface area contributed by atoms with Crippen LogP contribution in [0.2, 0.25) is 0 Å². The van der Waals surface area contributed by atoms with Gasteiger partial charge in [-0.2, -0.15) is 0 Å². The zero-order valence-electron chi connectivity index (χ0n) is 14.2. The van der Waals surface area contributed by atoms with Crippen molar-refractivity contribution in [1.82, 2.24) is 19.9 Å². The first-order valence-electron chi connectivity index (χ1n) is 8.62. The van der Waals surface area contributed by atoms with Gasteiger partial charge in [-0.1, -0.05) is 6.07 Å². The minimum Gasteiger partial charge on any atom is -0.373 e. The molecule has 2 fully saturated rings. The number of amides is 1. The van der Waals surface area contributed by atoms with Crippen LogP contribution >= 0.6 is 0 Å². The number of nitrogens with one attached hydrogen (secondary N) is 1. The molecule has 0 aromatic carbocycles. The van der Waals surface area contributed by atoms with Crippen LogP contribution in [0.5, 0.6) is 0 Å². The summed E-state index contributed by atoms with van der Waals surface area (Å²) in [5.41, 5.74) is 1.35. The molecule has 7 heteroatoms. The van der Waals surface area contributed by atoms with Crippen molar-refractivity contribution >= 4 is 11.7 Å². The van der Waals surface area contributed by atoms with E-state index in [9.17, 15) is 4.79 Å². The molecule has 0 spiro atoms. The fraction of sp³-hybridized carbons (Fsp3) is 0.444. The Morgan fingerprint density at radius 2 is 2.08 bits per heavy atom. The minimum absolute atomic E-state index is 0.0552. The molecule has 1 aliphatic heterocycles. The summed E-state index contributed by atoms with van der Waals surface area (Å²) in [6, 6.07) is 5.75. The fourth-order valence-corrected chi connectivity index (χ4v) is 2.97. The lowest BCUT2D eigenvalue weighted by molar-refractivity contribution is -0.0247. The zero-order chi connectivity index (χ0) is 17.2. The van der Waals surface area contributed by atoms with E-state index in [2.05, 4.69) is 20.3 Å². The Labute approximate surface area is 146 Å². The summed E-state index contributed by atoms with van der Waals surface area (Å²) in [4.78, 5) is 27.8. The molecule has 1 saturated carbocycles. The third-order valence-corrected chi connectivity index (χ3v) is 4.57. The van der Waals surface area contributed by atoms with E-state index in [1.165, 1.54) is 0 Å². The fourth-order valence-electron chi connectivity index (χ4n) is 2.97. The average Bonchev–Trinajstić information content (AvgIpc) is 3.53. The predicted molar refractivity (Wildman–Crippen MR) is 92.4 cm³/mol. The smallest absolute Gasteiger partial charge is 0.257 e. The van der Waals surface area contributed by atoms with E-state index in [4.69, 9.17) is 4.74 Å². The van der Waals surface area contributed by atoms with Gasteiger partial charge in [-0.05, 0) is 25.0 Å². The van der Waals surface area contributed by atoms with Crippen LogP contribution in [0.15, 0.2) is 30.6 Å². The Morgan fingerprint density at radius 1 is 1.28 bits per heavy atom. The maximum Gasteiger partial charge on any atom is 0.257 e. The third-order valence-electron chi connectivity index (χ3n) is 4.57. The van der Waals surface area contributed by atoms with Gasteiger partial charge in [-0.25, -0.2) is 15.0 Å². The van der Waals surface area contributed by atoms with Crippen molar-refractivity contribution in [2.24, 2.45) is 0 Å². The van der Waals surface area contributed by atoms with E-state index >= 15 is 0 Å². The van der Waals surface area contributed by atoms with Crippen LogP contribution in [0.4, 0.5) is 5.82 Å². The summed E-state index contributed by atoms with van der Waals surface area (Å²) in [5.74, 6) is 2.07. The lowest BCUT2D eigenvalue weighted by Crippen LogP contribution is -2.42. The molecule has 1 atom stereocenters. The van der Waals surface area contributed by atoms with E-state index in [-0.39, 0.29) is 12.0 Å². The first kappa shape index (κ1) is 16.0. The Balaban J connectivity index is 1.47. The van der Waals surface area contributed by atoms with Gasteiger partial charge in [-0.15, -0.1) is 0 Å². The number of rotatable bonds is 4. The molecule has 2 aliphatic rings. The van der Waals surface area contributed by atoms with E-state index in [0.717, 1.165) is 30.2 Å². The number of morpholine rings is 1. The first-order chi connectivity index (χ1) is 12.2. The second-order valence-corrected chi connectivity index (χ2v) is 6.41. The van der Waals surface area contributed by atoms with Crippen molar-refractivity contribution < 1.29 is 9.53 Å². The summed E-state index contributed by atoms with van der Waals surface area (Å²) >= 11 is 0. The lowest BCUT2D eigenvalue weighted by Gasteiger charge is -2.32. The van der Waals surface area contributed by atoms with E-state index in [1.807, 2.05) is 25.2 Å². The highest BCUT2D eigenvalue weighted by Gasteiger charge is 2.29. The number of carbonyl (C=O) groups is 1. The number of ether oxygens (including phenoxy) is 1. The molecular formula is C18H21N5O2. The van der Waals surface area contributed by atoms with Crippen molar-refractivity contribution in [3.63, 3.8) is 0 Å². The lowest BCUT2D eigenvalue weighted by atomic mass is 10.1. The van der Waals surface area contributed by atoms with Crippen molar-refractivity contribution in [3.05, 3.63) is 47.7 Å². The predicted octanol–water partition coefficient (Wildman–Crippen LogP) is 2.00. The van der Waals surface area contributed by atoms with Crippen LogP contribution in [0.25, 0.3) is 0 Å². The van der Waals surface area contributed by atoms with Gasteiger partial charge in [0.2, 0.25) is 0 Å². The van der Waals surface area contributed by atoms with Gasteiger partial charge >= 0.3 is 0 Å². The molecule has 3 heterocycles. The molecule has 25 heavy (non-hydrogen) atoms. The monoisotopic (exact) mass is 339 g/mol. The molecule has 1 N–H and O–H groups in total. The molecule has 2 aromatic heterocycles. The zero-order valence-corrected chi connectivity index (χ0v) is 14.2. The topological polar surface area (TPSA) is 80.2 Å². The molecule has 130 valence electrons. The second kappa shape index (κ2) is 6.76. The molecular weight excluding hydrogens is 318 g/mol. The van der Waals surface area contributed by atoms with Gasteiger partial charge in [0.05, 0.1) is 24.4 Å². The Morgan fingerprint density at radius 3 is 2.80 bits per heavy atom. The first-order valence-corrected chi connectivity index (χ1v) is 8.62. The largest absolute Gasteiger partial charge is 0.373 e. The Bertz CT molecular complexity index is 760. The number of carbonyl (C=O) groups excluding carboxylic acids is 1. The van der Waals surface area contributed by atoms with Gasteiger partial charge in [0.15, 0.2) is 0 Å². The van der Waals surface area contributed by atoms with Gasteiger partial charge < -0.3 is 15.0 Å². The number of pyridine rings is 1. The quantitative estimate of drug-likeness (QED) is 0.918. The second-order valence-electron chi connectivity index (χ2n) is 6.41. The van der Waals surface area contributed by atoms with Crippen molar-refractivity contribution in [3.8, 4) is 0 Å². The van der Waals surface area contributed by atoms with Gasteiger partial charge in [0, 0.05) is 31.9 Å². The van der Waals surface area contributed by atoms with Crippen LogP contribution in [-0.4, -0.2) is 52.5 Å². The Kier molecular flexibility index (Phi) is 4.31. The third kappa shape index (κ3) is 3.46. The normalized spacial score (nSPS) is 20.4. The number of aromatic nitrogens is 3. The molecule has 1 amide bonds. The minimum atomic E-state index is -0.224. The molecule has 0 radical (unpaired) electrons. The van der Waals surface area contributed by atoms with Crippen LogP contribution in [0.3, 0.4) is 0 Å². The summed E-state index contributed by atoms with van der Waals surface area (Å²) < 4.78 is 5.82. The number of hydrogen-bond donors (Lipinski definition) is 1. The maximum atomic E-state index is 12.8. The number of nitrogens with zero attached hydrogens (tertiary/aromatic N) is 4. The summed E-state index contributed by atoms with van der Waals surface area (Å²) in [6.07, 6.45) is 5.37. The standard InChI is InChI=1S/C18H21N5O2/c1-19-16-4-2-3-14(22-16)15-11-23(7-8-25-15)18(24)13-9-20-17(21-10-13)12-5-6-12/h2-4,9-10,12,15H,5-8,11H2,1H3,(H,19,22)/t15-/m0/s1. The molecule has 0 unspecified atom stereocenters. The van der Waals surface area contributed by atoms with E-state index in [0.29, 0.717) is 31.2 Å². The Hall–Kier alpha value is -2.54. The molecule has 7 nitrogen and oxygen atoms in total. The highest BCUT2D eigenvalue weighted by atomic mass is 16.5. The van der Waals surface area contributed by atoms with Crippen LogP contribution in [-0.2, 0) is 4.74 Å². The van der Waals surface area contributed by atoms with Gasteiger partial charge in [-0.3, -0.25) is 4.79 Å². The van der Waals surface area contributed by atoms with E-state index < -0.39 is 0 Å². The van der Waals surface area contributed by atoms with Crippen LogP contribution in [0, 0.1) is 0 Å². The molecule has 2 aromatic rings. The highest BCUT2D eigenvalue weighted by Crippen LogP contribution is 2.37. The van der Waals surface area contributed by atoms with Crippen LogP contribution < -0.4 is 5.32 Å². The highest BCUT2D eigenvalue weighted by molar-refractivity contribution is 5.93. The van der Waals surface area contributed by atoms with Crippen LogP contribution in [0.1, 0.15) is 46.7 Å². The molecule has 1 aliphatic carbocycles. The molecule has 0 bridgehead atoms. The molecule has 4 rings (SSSR count). The van der Waals surface area contributed by atoms with Gasteiger partial charge in [0.1, 0.15) is 17.7 Å². The van der Waals surface area contributed by atoms with Gasteiger partial charge in [0.25, 0.3) is 5.91 Å². The maximum absolute atomic E-state index is 12.8.